The summed E-state index contributed by atoms with van der Waals surface area (Å²) in [5, 5.41) is 10.2. The summed E-state index contributed by atoms with van der Waals surface area (Å²) in [5.41, 5.74) is 0.523. The van der Waals surface area contributed by atoms with Crippen molar-refractivity contribution in [2.24, 2.45) is 0 Å². The van der Waals surface area contributed by atoms with Gasteiger partial charge >= 0.3 is 5.63 Å². The van der Waals surface area contributed by atoms with E-state index in [2.05, 4.69) is 6.92 Å². The third-order valence-electron chi connectivity index (χ3n) is 4.53. The predicted molar refractivity (Wildman–Crippen MR) is 106 cm³/mol. The zero-order valence-corrected chi connectivity index (χ0v) is 16.7. The summed E-state index contributed by atoms with van der Waals surface area (Å²) in [6.45, 7) is 9.80. The monoisotopic (exact) mass is 360 g/mol. The quantitative estimate of drug-likeness (QED) is 0.244. The van der Waals surface area contributed by atoms with Crippen LogP contribution in [0.25, 0.3) is 0 Å². The van der Waals surface area contributed by atoms with Gasteiger partial charge in [0.05, 0.1) is 0 Å². The van der Waals surface area contributed by atoms with Crippen LogP contribution in [-0.2, 0) is 0 Å². The van der Waals surface area contributed by atoms with E-state index in [0.717, 1.165) is 25.7 Å². The first kappa shape index (κ1) is 21.9. The predicted octanol–water partition coefficient (Wildman–Crippen LogP) is 5.90. The first-order valence-electron chi connectivity index (χ1n) is 9.57. The van der Waals surface area contributed by atoms with E-state index in [-0.39, 0.29) is 17.2 Å². The molecule has 0 aromatic carbocycles. The molecular formula is C22H32O4. The molecule has 0 aliphatic rings. The van der Waals surface area contributed by atoms with Gasteiger partial charge in [0.15, 0.2) is 5.78 Å². The van der Waals surface area contributed by atoms with Crippen LogP contribution in [0.5, 0.6) is 5.75 Å². The maximum atomic E-state index is 12.5. The molecule has 0 aliphatic heterocycles. The average molecular weight is 360 g/mol. The third-order valence-corrected chi connectivity index (χ3v) is 4.53. The first-order chi connectivity index (χ1) is 12.3. The maximum Gasteiger partial charge on any atom is 0.351 e. The molecule has 1 atom stereocenters. The minimum absolute atomic E-state index is 0.0214. The number of rotatable bonds is 10. The summed E-state index contributed by atoms with van der Waals surface area (Å²) < 4.78 is 5.29. The van der Waals surface area contributed by atoms with Crippen molar-refractivity contribution in [2.75, 3.05) is 0 Å². The second-order valence-electron chi connectivity index (χ2n) is 7.04. The molecule has 26 heavy (non-hydrogen) atoms. The lowest BCUT2D eigenvalue weighted by Crippen LogP contribution is -2.16. The Kier molecular flexibility index (Phi) is 9.11. The highest BCUT2D eigenvalue weighted by Crippen LogP contribution is 2.25. The Morgan fingerprint density at radius 3 is 2.46 bits per heavy atom. The summed E-state index contributed by atoms with van der Waals surface area (Å²) in [5.74, 6) is -0.364. The average Bonchev–Trinajstić information content (AvgIpc) is 2.59. The minimum atomic E-state index is -0.774. The fraction of sp³-hybridized carbons (Fsp3) is 0.545. The van der Waals surface area contributed by atoms with Crippen molar-refractivity contribution in [3.63, 3.8) is 0 Å². The molecule has 1 aromatic heterocycles. The number of unbranched alkanes of at least 4 members (excludes halogenated alkanes) is 2. The van der Waals surface area contributed by atoms with Crippen molar-refractivity contribution in [1.82, 2.24) is 0 Å². The number of Topliss-reactive ketones (excluding diaryl/α,β-unsaturated/α-hetero) is 1. The number of carbonyl (C=O) groups excluding carboxylic acids is 1. The van der Waals surface area contributed by atoms with Gasteiger partial charge in [-0.2, -0.15) is 0 Å². The molecule has 0 spiro atoms. The number of allylic oxidation sites excluding steroid dienone is 4. The van der Waals surface area contributed by atoms with Crippen LogP contribution in [0.3, 0.4) is 0 Å². The molecule has 1 rings (SSSR count). The van der Waals surface area contributed by atoms with E-state index in [9.17, 15) is 14.7 Å². The van der Waals surface area contributed by atoms with E-state index in [1.165, 1.54) is 24.5 Å². The van der Waals surface area contributed by atoms with Gasteiger partial charge in [0, 0.05) is 12.0 Å². The lowest BCUT2D eigenvalue weighted by Gasteiger charge is -2.10. The largest absolute Gasteiger partial charge is 0.507 e. The van der Waals surface area contributed by atoms with E-state index >= 15 is 0 Å². The fourth-order valence-corrected chi connectivity index (χ4v) is 2.80. The zero-order valence-electron chi connectivity index (χ0n) is 16.7. The fourth-order valence-electron chi connectivity index (χ4n) is 2.80. The molecule has 1 aromatic rings. The van der Waals surface area contributed by atoms with E-state index in [4.69, 9.17) is 4.42 Å². The molecule has 0 radical (unpaired) electrons. The smallest absolute Gasteiger partial charge is 0.351 e. The molecule has 4 heteroatoms. The molecule has 0 aliphatic carbocycles. The summed E-state index contributed by atoms with van der Waals surface area (Å²) >= 11 is 0. The molecule has 0 saturated carbocycles. The van der Waals surface area contributed by atoms with Crippen LogP contribution in [0.1, 0.15) is 95.2 Å². The molecule has 0 amide bonds. The Morgan fingerprint density at radius 2 is 1.88 bits per heavy atom. The maximum absolute atomic E-state index is 12.5. The normalized spacial score (nSPS) is 13.7. The van der Waals surface area contributed by atoms with Crippen molar-refractivity contribution >= 4 is 5.78 Å². The Hall–Kier alpha value is -2.10. The molecular weight excluding hydrogens is 328 g/mol. The number of hydrogen-bond donors (Lipinski definition) is 1. The van der Waals surface area contributed by atoms with Crippen LogP contribution in [-0.4, -0.2) is 10.9 Å². The van der Waals surface area contributed by atoms with Crippen LogP contribution in [0.15, 0.2) is 38.6 Å². The summed E-state index contributed by atoms with van der Waals surface area (Å²) in [6.07, 6.45) is 9.86. The Bertz CT molecular complexity index is 722. The van der Waals surface area contributed by atoms with Gasteiger partial charge < -0.3 is 9.52 Å². The molecule has 0 fully saturated rings. The van der Waals surface area contributed by atoms with Crippen LogP contribution < -0.4 is 5.63 Å². The number of carbonyl (C=O) groups is 1. The van der Waals surface area contributed by atoms with Gasteiger partial charge in [-0.1, -0.05) is 57.8 Å². The second kappa shape index (κ2) is 10.8. The van der Waals surface area contributed by atoms with Gasteiger partial charge in [-0.15, -0.1) is 0 Å². The lowest BCUT2D eigenvalue weighted by atomic mass is 10.00. The Balaban J connectivity index is 3.00. The second-order valence-corrected chi connectivity index (χ2v) is 7.04. The van der Waals surface area contributed by atoms with Crippen molar-refractivity contribution in [1.29, 1.82) is 0 Å². The summed E-state index contributed by atoms with van der Waals surface area (Å²) in [4.78, 5) is 24.8. The highest BCUT2D eigenvalue weighted by atomic mass is 16.4. The van der Waals surface area contributed by atoms with Gasteiger partial charge in [0.2, 0.25) is 0 Å². The van der Waals surface area contributed by atoms with Gasteiger partial charge in [0.25, 0.3) is 0 Å². The SMILES string of the molecule is CCCCC/C(C)=C\C=C(/C)C(=O)c1c(O)cc(C(C)CCC)oc1=O. The van der Waals surface area contributed by atoms with Crippen LogP contribution >= 0.6 is 0 Å². The molecule has 1 heterocycles. The molecule has 4 nitrogen and oxygen atoms in total. The highest BCUT2D eigenvalue weighted by molar-refractivity contribution is 6.09. The first-order valence-corrected chi connectivity index (χ1v) is 9.57. The van der Waals surface area contributed by atoms with Crippen molar-refractivity contribution in [2.45, 2.75) is 79.1 Å². The highest BCUT2D eigenvalue weighted by Gasteiger charge is 2.21. The molecule has 0 bridgehead atoms. The van der Waals surface area contributed by atoms with Gasteiger partial charge in [-0.25, -0.2) is 4.79 Å². The Labute approximate surface area is 156 Å². The Morgan fingerprint density at radius 1 is 1.19 bits per heavy atom. The van der Waals surface area contributed by atoms with Crippen LogP contribution in [0.4, 0.5) is 0 Å². The summed E-state index contributed by atoms with van der Waals surface area (Å²) in [7, 11) is 0. The van der Waals surface area contributed by atoms with E-state index in [1.807, 2.05) is 26.8 Å². The van der Waals surface area contributed by atoms with Crippen LogP contribution in [0, 0.1) is 0 Å². The van der Waals surface area contributed by atoms with Gasteiger partial charge in [-0.05, 0) is 38.7 Å². The van der Waals surface area contributed by atoms with E-state index in [0.29, 0.717) is 11.3 Å². The van der Waals surface area contributed by atoms with Crippen molar-refractivity contribution < 1.29 is 14.3 Å². The lowest BCUT2D eigenvalue weighted by molar-refractivity contribution is 0.102. The number of hydrogen-bond acceptors (Lipinski definition) is 4. The van der Waals surface area contributed by atoms with Gasteiger partial charge in [-0.3, -0.25) is 4.79 Å². The van der Waals surface area contributed by atoms with Crippen molar-refractivity contribution in [3.05, 3.63) is 51.1 Å². The minimum Gasteiger partial charge on any atom is -0.507 e. The van der Waals surface area contributed by atoms with Crippen molar-refractivity contribution in [3.8, 4) is 5.75 Å². The third kappa shape index (κ3) is 6.32. The van der Waals surface area contributed by atoms with E-state index < -0.39 is 11.4 Å². The molecule has 144 valence electrons. The molecule has 1 unspecified atom stereocenters. The van der Waals surface area contributed by atoms with E-state index in [1.54, 1.807) is 13.0 Å². The summed E-state index contributed by atoms with van der Waals surface area (Å²) in [6, 6.07) is 1.40. The van der Waals surface area contributed by atoms with Crippen LogP contribution in [0.2, 0.25) is 0 Å². The zero-order chi connectivity index (χ0) is 19.7. The molecule has 0 saturated heterocycles. The topological polar surface area (TPSA) is 67.5 Å². The number of aromatic hydroxyl groups is 1. The molecule has 1 N–H and O–H groups in total. The number of ketones is 1. The standard InChI is InChI=1S/C22H32O4/c1-6-8-9-11-15(3)12-13-17(5)21(24)20-18(23)14-19(26-22(20)25)16(4)10-7-2/h12-14,16,23H,6-11H2,1-5H3/b15-12-,17-13+. The van der Waals surface area contributed by atoms with Gasteiger partial charge in [0.1, 0.15) is 17.1 Å².